The van der Waals surface area contributed by atoms with Gasteiger partial charge in [-0.15, -0.1) is 0 Å². The Morgan fingerprint density at radius 2 is 1.79 bits per heavy atom. The van der Waals surface area contributed by atoms with Crippen LogP contribution in [0.4, 0.5) is 4.39 Å². The first kappa shape index (κ1) is 18.6. The molecule has 0 saturated carbocycles. The van der Waals surface area contributed by atoms with Crippen molar-refractivity contribution >= 4 is 10.0 Å². The van der Waals surface area contributed by atoms with Crippen LogP contribution in [0.5, 0.6) is 0 Å². The lowest BCUT2D eigenvalue weighted by molar-refractivity contribution is 0.299. The molecule has 2 aromatic rings. The maximum atomic E-state index is 13.5. The molecule has 0 heterocycles. The number of aryl methyl sites for hydroxylation is 2. The second-order valence-corrected chi connectivity index (χ2v) is 7.90. The van der Waals surface area contributed by atoms with Gasteiger partial charge in [0, 0.05) is 12.6 Å². The topological polar surface area (TPSA) is 49.4 Å². The van der Waals surface area contributed by atoms with Gasteiger partial charge in [0.15, 0.2) is 0 Å². The average Bonchev–Trinajstić information content (AvgIpc) is 2.49. The van der Waals surface area contributed by atoms with E-state index in [9.17, 15) is 12.8 Å². The lowest BCUT2D eigenvalue weighted by atomic mass is 10.1. The van der Waals surface area contributed by atoms with Gasteiger partial charge in [-0.1, -0.05) is 18.2 Å². The lowest BCUT2D eigenvalue weighted by Crippen LogP contribution is -2.34. The van der Waals surface area contributed by atoms with Crippen molar-refractivity contribution in [3.63, 3.8) is 0 Å². The van der Waals surface area contributed by atoms with E-state index in [1.165, 1.54) is 12.1 Å². The number of likely N-dealkylation sites (N-methyl/N-ethyl adjacent to an activating group) is 1. The van der Waals surface area contributed by atoms with Crippen LogP contribution in [0, 0.1) is 19.7 Å². The van der Waals surface area contributed by atoms with Crippen LogP contribution in [0.1, 0.15) is 22.7 Å². The molecule has 0 bridgehead atoms. The van der Waals surface area contributed by atoms with Gasteiger partial charge in [-0.2, -0.15) is 0 Å². The van der Waals surface area contributed by atoms with Crippen molar-refractivity contribution in [2.75, 3.05) is 20.6 Å². The first-order valence-electron chi connectivity index (χ1n) is 7.69. The highest BCUT2D eigenvalue weighted by Crippen LogP contribution is 2.20. The van der Waals surface area contributed by atoms with Gasteiger partial charge < -0.3 is 4.90 Å². The van der Waals surface area contributed by atoms with E-state index in [2.05, 4.69) is 4.72 Å². The maximum absolute atomic E-state index is 13.5. The smallest absolute Gasteiger partial charge is 0.240 e. The number of sulfonamides is 1. The highest BCUT2D eigenvalue weighted by molar-refractivity contribution is 7.89. The minimum atomic E-state index is -3.62. The summed E-state index contributed by atoms with van der Waals surface area (Å²) >= 11 is 0. The Morgan fingerprint density at radius 1 is 1.08 bits per heavy atom. The molecule has 0 aliphatic carbocycles. The van der Waals surface area contributed by atoms with Crippen molar-refractivity contribution in [2.24, 2.45) is 0 Å². The summed E-state index contributed by atoms with van der Waals surface area (Å²) in [5.74, 6) is -0.337. The predicted octanol–water partition coefficient (Wildman–Crippen LogP) is 3.02. The standard InChI is InChI=1S/C18H23FN2O2S/c1-13-8-9-17(10-14(13)2)24(22,23)20-12-18(21(3)4)15-6-5-7-16(19)11-15/h5-11,18,20H,12H2,1-4H3/t18-/m0/s1. The molecule has 0 amide bonds. The van der Waals surface area contributed by atoms with Gasteiger partial charge in [-0.05, 0) is 68.9 Å². The quantitative estimate of drug-likeness (QED) is 0.871. The molecule has 0 fully saturated rings. The summed E-state index contributed by atoms with van der Waals surface area (Å²) in [6, 6.07) is 11.0. The van der Waals surface area contributed by atoms with Crippen LogP contribution in [-0.2, 0) is 10.0 Å². The second-order valence-electron chi connectivity index (χ2n) is 6.13. The third-order valence-electron chi connectivity index (χ3n) is 4.11. The normalized spacial score (nSPS) is 13.2. The molecule has 0 saturated heterocycles. The van der Waals surface area contributed by atoms with E-state index in [1.807, 2.05) is 32.8 Å². The monoisotopic (exact) mass is 350 g/mol. The zero-order valence-corrected chi connectivity index (χ0v) is 15.2. The summed E-state index contributed by atoms with van der Waals surface area (Å²) in [4.78, 5) is 2.10. The summed E-state index contributed by atoms with van der Waals surface area (Å²) in [7, 11) is 0.0498. The Balaban J connectivity index is 2.20. The minimum Gasteiger partial charge on any atom is -0.301 e. The molecule has 0 aliphatic heterocycles. The summed E-state index contributed by atoms with van der Waals surface area (Å²) < 4.78 is 41.1. The lowest BCUT2D eigenvalue weighted by Gasteiger charge is -2.25. The fraction of sp³-hybridized carbons (Fsp3) is 0.333. The van der Waals surface area contributed by atoms with E-state index < -0.39 is 10.0 Å². The first-order chi connectivity index (χ1) is 11.2. The van der Waals surface area contributed by atoms with Crippen LogP contribution in [0.15, 0.2) is 47.4 Å². The number of halogens is 1. The van der Waals surface area contributed by atoms with Crippen LogP contribution in [-0.4, -0.2) is 34.0 Å². The highest BCUT2D eigenvalue weighted by atomic mass is 32.2. The average molecular weight is 350 g/mol. The van der Waals surface area contributed by atoms with Crippen LogP contribution in [0.2, 0.25) is 0 Å². The van der Waals surface area contributed by atoms with Gasteiger partial charge >= 0.3 is 0 Å². The van der Waals surface area contributed by atoms with E-state index >= 15 is 0 Å². The molecule has 6 heteroatoms. The van der Waals surface area contributed by atoms with Gasteiger partial charge in [0.25, 0.3) is 0 Å². The number of hydrogen-bond donors (Lipinski definition) is 1. The number of nitrogens with zero attached hydrogens (tertiary/aromatic N) is 1. The van der Waals surface area contributed by atoms with Crippen LogP contribution in [0.25, 0.3) is 0 Å². The van der Waals surface area contributed by atoms with Crippen molar-refractivity contribution in [2.45, 2.75) is 24.8 Å². The summed E-state index contributed by atoms with van der Waals surface area (Å²) in [5.41, 5.74) is 2.69. The zero-order chi connectivity index (χ0) is 17.9. The molecule has 0 unspecified atom stereocenters. The van der Waals surface area contributed by atoms with Crippen molar-refractivity contribution in [3.8, 4) is 0 Å². The van der Waals surface area contributed by atoms with Gasteiger partial charge in [-0.3, -0.25) is 0 Å². The Hall–Kier alpha value is -1.76. The SMILES string of the molecule is Cc1ccc(S(=O)(=O)NC[C@@H](c2cccc(F)c2)N(C)C)cc1C. The molecule has 130 valence electrons. The molecule has 2 aromatic carbocycles. The molecular formula is C18H23FN2O2S. The third-order valence-corrected chi connectivity index (χ3v) is 5.53. The van der Waals surface area contributed by atoms with Crippen LogP contribution < -0.4 is 4.72 Å². The molecule has 1 atom stereocenters. The number of rotatable bonds is 6. The largest absolute Gasteiger partial charge is 0.301 e. The van der Waals surface area contributed by atoms with E-state index in [1.54, 1.807) is 30.3 Å². The number of nitrogens with one attached hydrogen (secondary N) is 1. The molecule has 1 N–H and O–H groups in total. The molecule has 0 spiro atoms. The third kappa shape index (κ3) is 4.41. The van der Waals surface area contributed by atoms with Gasteiger partial charge in [0.1, 0.15) is 5.82 Å². The summed E-state index contributed by atoms with van der Waals surface area (Å²) in [6.45, 7) is 3.97. The molecule has 4 nitrogen and oxygen atoms in total. The number of benzene rings is 2. The Bertz CT molecular complexity index is 820. The van der Waals surface area contributed by atoms with Gasteiger partial charge in [0.2, 0.25) is 10.0 Å². The van der Waals surface area contributed by atoms with E-state index in [0.717, 1.165) is 16.7 Å². The predicted molar refractivity (Wildman–Crippen MR) is 93.9 cm³/mol. The van der Waals surface area contributed by atoms with E-state index in [-0.39, 0.29) is 23.3 Å². The molecule has 0 radical (unpaired) electrons. The fourth-order valence-corrected chi connectivity index (χ4v) is 3.59. The van der Waals surface area contributed by atoms with Crippen LogP contribution >= 0.6 is 0 Å². The van der Waals surface area contributed by atoms with Crippen molar-refractivity contribution in [1.29, 1.82) is 0 Å². The Kier molecular flexibility index (Phi) is 5.74. The molecule has 0 aliphatic rings. The molecule has 0 aromatic heterocycles. The van der Waals surface area contributed by atoms with Crippen molar-refractivity contribution in [3.05, 3.63) is 65.0 Å². The molecule has 24 heavy (non-hydrogen) atoms. The molecular weight excluding hydrogens is 327 g/mol. The van der Waals surface area contributed by atoms with Gasteiger partial charge in [0.05, 0.1) is 4.90 Å². The maximum Gasteiger partial charge on any atom is 0.240 e. The summed E-state index contributed by atoms with van der Waals surface area (Å²) in [6.07, 6.45) is 0. The van der Waals surface area contributed by atoms with E-state index in [4.69, 9.17) is 0 Å². The number of hydrogen-bond acceptors (Lipinski definition) is 3. The Morgan fingerprint density at radius 3 is 2.38 bits per heavy atom. The second kappa shape index (κ2) is 7.42. The van der Waals surface area contributed by atoms with E-state index in [0.29, 0.717) is 0 Å². The van der Waals surface area contributed by atoms with Gasteiger partial charge in [-0.25, -0.2) is 17.5 Å². The van der Waals surface area contributed by atoms with Crippen molar-refractivity contribution in [1.82, 2.24) is 9.62 Å². The minimum absolute atomic E-state index is 0.158. The molecule has 2 rings (SSSR count). The highest BCUT2D eigenvalue weighted by Gasteiger charge is 2.20. The first-order valence-corrected chi connectivity index (χ1v) is 9.18. The van der Waals surface area contributed by atoms with Crippen LogP contribution in [0.3, 0.4) is 0 Å². The zero-order valence-electron chi connectivity index (χ0n) is 14.4. The fourth-order valence-electron chi connectivity index (χ4n) is 2.47. The summed E-state index contributed by atoms with van der Waals surface area (Å²) in [5, 5.41) is 0. The Labute approximate surface area is 143 Å². The van der Waals surface area contributed by atoms with Crippen molar-refractivity contribution < 1.29 is 12.8 Å².